The molecule has 216 valence electrons. The highest BCUT2D eigenvalue weighted by Gasteiger charge is 2.35. The molecule has 0 aliphatic carbocycles. The lowest BCUT2D eigenvalue weighted by Crippen LogP contribution is -2.42. The van der Waals surface area contributed by atoms with E-state index in [1.165, 1.54) is 6.92 Å². The first kappa shape index (κ1) is 29.2. The number of aliphatic hydroxyl groups is 1. The molecule has 9 nitrogen and oxygen atoms in total. The number of nitrogens with zero attached hydrogens (tertiary/aromatic N) is 1. The average Bonchev–Trinajstić information content (AvgIpc) is 3.34. The predicted octanol–water partition coefficient (Wildman–Crippen LogP) is 5.30. The second-order valence-corrected chi connectivity index (χ2v) is 12.6. The number of carbonyl (C=O) groups excluding carboxylic acids is 1. The zero-order valence-electron chi connectivity index (χ0n) is 22.1. The molecular weight excluding hydrogens is 589 g/mol. The number of ether oxygens (including phenoxy) is 2. The Labute approximate surface area is 248 Å². The number of H-pyrrole nitrogens is 1. The molecule has 0 radical (unpaired) electrons. The number of rotatable bonds is 9. The standard InChI is InChI=1S/C29H29Cl2N3O6S/c1-2-41(37,38)32-16-21(35)17-39-22-8-3-18(4-9-22)28-27-24(25-15-20(31)7-12-26(25)33-27)13-14-34(28)29(36)40-23-10-5-19(30)6-11-23/h3-12,15,21,28,32-33,35H,2,13-14,16-17H2,1H3. The number of aromatic amines is 1. The van der Waals surface area contributed by atoms with Crippen molar-refractivity contribution in [2.75, 3.05) is 25.4 Å². The van der Waals surface area contributed by atoms with Crippen LogP contribution in [0.15, 0.2) is 66.7 Å². The quantitative estimate of drug-likeness (QED) is 0.234. The lowest BCUT2D eigenvalue weighted by molar-refractivity contribution is 0.111. The maximum atomic E-state index is 13.4. The molecule has 1 aromatic heterocycles. The number of aromatic nitrogens is 1. The van der Waals surface area contributed by atoms with Crippen molar-refractivity contribution in [2.45, 2.75) is 25.5 Å². The topological polar surface area (TPSA) is 121 Å². The molecule has 12 heteroatoms. The molecule has 3 N–H and O–H groups in total. The van der Waals surface area contributed by atoms with Crippen LogP contribution in [0.1, 0.15) is 29.8 Å². The summed E-state index contributed by atoms with van der Waals surface area (Å²) in [6, 6.07) is 19.0. The van der Waals surface area contributed by atoms with Gasteiger partial charge in [-0.2, -0.15) is 0 Å². The Hall–Kier alpha value is -3.28. The number of carbonyl (C=O) groups is 1. The van der Waals surface area contributed by atoms with Gasteiger partial charge in [0.2, 0.25) is 10.0 Å². The van der Waals surface area contributed by atoms with Crippen molar-refractivity contribution in [1.82, 2.24) is 14.6 Å². The van der Waals surface area contributed by atoms with Crippen LogP contribution >= 0.6 is 23.2 Å². The van der Waals surface area contributed by atoms with Crippen LogP contribution in [0.25, 0.3) is 10.9 Å². The van der Waals surface area contributed by atoms with E-state index < -0.39 is 28.3 Å². The van der Waals surface area contributed by atoms with Crippen molar-refractivity contribution in [2.24, 2.45) is 0 Å². The number of benzene rings is 3. The number of hydrogen-bond acceptors (Lipinski definition) is 6. The van der Waals surface area contributed by atoms with Crippen molar-refractivity contribution < 1.29 is 27.8 Å². The highest BCUT2D eigenvalue weighted by atomic mass is 35.5. The summed E-state index contributed by atoms with van der Waals surface area (Å²) in [7, 11) is -3.41. The number of halogens is 2. The molecule has 2 atom stereocenters. The van der Waals surface area contributed by atoms with Crippen LogP contribution in [0.4, 0.5) is 4.79 Å². The minimum Gasteiger partial charge on any atom is -0.491 e. The molecule has 0 saturated heterocycles. The Balaban J connectivity index is 1.39. The lowest BCUT2D eigenvalue weighted by atomic mass is 9.92. The molecule has 2 unspecified atom stereocenters. The Morgan fingerprint density at radius 1 is 1.07 bits per heavy atom. The summed E-state index contributed by atoms with van der Waals surface area (Å²) >= 11 is 12.3. The summed E-state index contributed by atoms with van der Waals surface area (Å²) in [5.74, 6) is 0.801. The molecule has 0 fully saturated rings. The highest BCUT2D eigenvalue weighted by molar-refractivity contribution is 7.89. The molecule has 5 rings (SSSR count). The summed E-state index contributed by atoms with van der Waals surface area (Å²) in [4.78, 5) is 18.6. The monoisotopic (exact) mass is 617 g/mol. The van der Waals surface area contributed by atoms with Crippen LogP contribution in [0, 0.1) is 0 Å². The molecule has 1 amide bonds. The molecule has 2 heterocycles. The Bertz CT molecular complexity index is 1640. The van der Waals surface area contributed by atoms with Crippen LogP contribution in [0.3, 0.4) is 0 Å². The van der Waals surface area contributed by atoms with E-state index in [0.29, 0.717) is 34.5 Å². The number of sulfonamides is 1. The smallest absolute Gasteiger partial charge is 0.416 e. The Morgan fingerprint density at radius 3 is 2.46 bits per heavy atom. The van der Waals surface area contributed by atoms with Crippen molar-refractivity contribution in [1.29, 1.82) is 0 Å². The SMILES string of the molecule is CCS(=O)(=O)NCC(O)COc1ccc(C2c3[nH]c4ccc(Cl)cc4c3CCN2C(=O)Oc2ccc(Cl)cc2)cc1. The minimum absolute atomic E-state index is 0.0708. The van der Waals surface area contributed by atoms with Gasteiger partial charge in [-0.05, 0) is 79.1 Å². The molecule has 41 heavy (non-hydrogen) atoms. The first-order valence-corrected chi connectivity index (χ1v) is 15.5. The molecule has 0 saturated carbocycles. The summed E-state index contributed by atoms with van der Waals surface area (Å²) in [6.07, 6.45) is -0.909. The largest absolute Gasteiger partial charge is 0.491 e. The molecule has 4 aromatic rings. The lowest BCUT2D eigenvalue weighted by Gasteiger charge is -2.35. The van der Waals surface area contributed by atoms with Gasteiger partial charge in [0.25, 0.3) is 0 Å². The van der Waals surface area contributed by atoms with Gasteiger partial charge >= 0.3 is 6.09 Å². The van der Waals surface area contributed by atoms with E-state index in [2.05, 4.69) is 9.71 Å². The third kappa shape index (κ3) is 6.79. The summed E-state index contributed by atoms with van der Waals surface area (Å²) in [5, 5.41) is 12.3. The maximum absolute atomic E-state index is 13.4. The van der Waals surface area contributed by atoms with Gasteiger partial charge in [-0.3, -0.25) is 4.90 Å². The minimum atomic E-state index is -3.41. The van der Waals surface area contributed by atoms with Gasteiger partial charge in [0, 0.05) is 39.7 Å². The number of hydrogen-bond donors (Lipinski definition) is 3. The van der Waals surface area contributed by atoms with E-state index in [0.717, 1.165) is 27.7 Å². The van der Waals surface area contributed by atoms with Crippen LogP contribution < -0.4 is 14.2 Å². The van der Waals surface area contributed by atoms with Crippen molar-refractivity contribution in [3.05, 3.63) is 93.6 Å². The van der Waals surface area contributed by atoms with Gasteiger partial charge in [-0.15, -0.1) is 0 Å². The van der Waals surface area contributed by atoms with E-state index in [1.807, 2.05) is 30.3 Å². The second kappa shape index (κ2) is 12.3. The van der Waals surface area contributed by atoms with Crippen molar-refractivity contribution in [3.63, 3.8) is 0 Å². The average molecular weight is 619 g/mol. The summed E-state index contributed by atoms with van der Waals surface area (Å²) < 4.78 is 36.9. The van der Waals surface area contributed by atoms with Crippen LogP contribution in [0.5, 0.6) is 11.5 Å². The fourth-order valence-corrected chi connectivity index (χ4v) is 5.74. The predicted molar refractivity (Wildman–Crippen MR) is 158 cm³/mol. The first-order valence-electron chi connectivity index (χ1n) is 13.1. The Kier molecular flexibility index (Phi) is 8.77. The van der Waals surface area contributed by atoms with Crippen LogP contribution in [0.2, 0.25) is 10.0 Å². The molecule has 3 aromatic carbocycles. The molecule has 0 bridgehead atoms. The van der Waals surface area contributed by atoms with E-state index in [4.69, 9.17) is 32.7 Å². The van der Waals surface area contributed by atoms with Gasteiger partial charge < -0.3 is 19.6 Å². The van der Waals surface area contributed by atoms with Gasteiger partial charge in [0.15, 0.2) is 0 Å². The van der Waals surface area contributed by atoms with E-state index in [9.17, 15) is 18.3 Å². The first-order chi connectivity index (χ1) is 19.6. The fourth-order valence-electron chi connectivity index (χ4n) is 4.79. The fraction of sp³-hybridized carbons (Fsp3) is 0.276. The molecular formula is C29H29Cl2N3O6S. The number of fused-ring (bicyclic) bond motifs is 3. The van der Waals surface area contributed by atoms with Crippen LogP contribution in [-0.2, 0) is 16.4 Å². The van der Waals surface area contributed by atoms with Crippen molar-refractivity contribution in [3.8, 4) is 11.5 Å². The van der Waals surface area contributed by atoms with E-state index in [-0.39, 0.29) is 18.9 Å². The number of aliphatic hydroxyl groups excluding tert-OH is 1. The van der Waals surface area contributed by atoms with E-state index in [1.54, 1.807) is 41.3 Å². The highest BCUT2D eigenvalue weighted by Crippen LogP contribution is 2.40. The van der Waals surface area contributed by atoms with Crippen LogP contribution in [-0.4, -0.2) is 61.1 Å². The third-order valence-corrected chi connectivity index (χ3v) is 8.75. The van der Waals surface area contributed by atoms with Gasteiger partial charge in [0.1, 0.15) is 30.3 Å². The normalized spacial score (nSPS) is 15.9. The third-order valence-electron chi connectivity index (χ3n) is 6.90. The number of nitrogens with one attached hydrogen (secondary N) is 2. The van der Waals surface area contributed by atoms with Crippen molar-refractivity contribution >= 4 is 50.2 Å². The maximum Gasteiger partial charge on any atom is 0.416 e. The molecule has 1 aliphatic rings. The summed E-state index contributed by atoms with van der Waals surface area (Å²) in [5.41, 5.74) is 3.69. The number of amides is 1. The zero-order valence-corrected chi connectivity index (χ0v) is 24.5. The molecule has 1 aliphatic heterocycles. The van der Waals surface area contributed by atoms with Gasteiger partial charge in [-0.25, -0.2) is 17.9 Å². The molecule has 0 spiro atoms. The van der Waals surface area contributed by atoms with Gasteiger partial charge in [-0.1, -0.05) is 35.3 Å². The second-order valence-electron chi connectivity index (χ2n) is 9.66. The Morgan fingerprint density at radius 2 is 1.76 bits per heavy atom. The van der Waals surface area contributed by atoms with Gasteiger partial charge in [0.05, 0.1) is 5.75 Å². The van der Waals surface area contributed by atoms with E-state index >= 15 is 0 Å². The summed E-state index contributed by atoms with van der Waals surface area (Å²) in [6.45, 7) is 1.70. The zero-order chi connectivity index (χ0) is 29.1.